The maximum atomic E-state index is 13.1. The Morgan fingerprint density at radius 1 is 1.55 bits per heavy atom. The van der Waals surface area contributed by atoms with Crippen LogP contribution in [0.3, 0.4) is 0 Å². The maximum Gasteiger partial charge on any atom is 0.227 e. The quantitative estimate of drug-likeness (QED) is 0.891. The van der Waals surface area contributed by atoms with Crippen LogP contribution < -0.4 is 5.32 Å². The molecule has 0 aliphatic heterocycles. The number of thiazole rings is 1. The molecule has 20 heavy (non-hydrogen) atoms. The number of nitrogens with zero attached hydrogens (tertiary/aromatic N) is 1. The molecule has 0 aliphatic rings. The van der Waals surface area contributed by atoms with Crippen molar-refractivity contribution in [1.82, 2.24) is 4.98 Å². The number of halogens is 1. The van der Waals surface area contributed by atoms with Crippen molar-refractivity contribution in [2.24, 2.45) is 0 Å². The molecule has 2 aromatic rings. The van der Waals surface area contributed by atoms with Gasteiger partial charge in [0.1, 0.15) is 10.8 Å². The zero-order valence-corrected chi connectivity index (χ0v) is 11.8. The molecule has 1 heterocycles. The predicted molar refractivity (Wildman–Crippen MR) is 76.1 cm³/mol. The number of aliphatic hydroxyl groups excluding tert-OH is 1. The first kappa shape index (κ1) is 14.6. The summed E-state index contributed by atoms with van der Waals surface area (Å²) < 4.78 is 13.1. The molecule has 0 saturated carbocycles. The van der Waals surface area contributed by atoms with E-state index in [1.807, 2.05) is 6.92 Å². The number of carbonyl (C=O) groups is 1. The van der Waals surface area contributed by atoms with Gasteiger partial charge in [0.2, 0.25) is 5.91 Å². The van der Waals surface area contributed by atoms with Gasteiger partial charge in [-0.1, -0.05) is 19.1 Å². The molecule has 1 atom stereocenters. The molecule has 0 saturated heterocycles. The summed E-state index contributed by atoms with van der Waals surface area (Å²) in [5.41, 5.74) is 2.88. The van der Waals surface area contributed by atoms with E-state index < -0.39 is 11.9 Å². The number of aryl methyl sites for hydroxylation is 1. The average molecular weight is 294 g/mol. The summed E-state index contributed by atoms with van der Waals surface area (Å²) in [6.07, 6.45) is -0.417. The van der Waals surface area contributed by atoms with Crippen LogP contribution in [-0.4, -0.2) is 16.0 Å². The van der Waals surface area contributed by atoms with E-state index in [4.69, 9.17) is 0 Å². The number of hydrogen-bond donors (Lipinski definition) is 2. The Kier molecular flexibility index (Phi) is 4.81. The van der Waals surface area contributed by atoms with Crippen molar-refractivity contribution in [2.75, 3.05) is 5.32 Å². The van der Waals surface area contributed by atoms with Gasteiger partial charge in [0, 0.05) is 0 Å². The van der Waals surface area contributed by atoms with E-state index in [1.165, 1.54) is 29.5 Å². The number of rotatable bonds is 5. The highest BCUT2D eigenvalue weighted by molar-refractivity contribution is 7.14. The van der Waals surface area contributed by atoms with Crippen molar-refractivity contribution in [1.29, 1.82) is 0 Å². The van der Waals surface area contributed by atoms with Gasteiger partial charge in [-0.05, 0) is 24.1 Å². The minimum absolute atomic E-state index is 0.121. The Morgan fingerprint density at radius 2 is 2.35 bits per heavy atom. The third kappa shape index (κ3) is 3.61. The smallest absolute Gasteiger partial charge is 0.227 e. The summed E-state index contributed by atoms with van der Waals surface area (Å²) >= 11 is 1.34. The fourth-order valence-corrected chi connectivity index (χ4v) is 2.60. The average Bonchev–Trinajstić information content (AvgIpc) is 2.85. The molecule has 2 N–H and O–H groups in total. The zero-order valence-electron chi connectivity index (χ0n) is 11.0. The summed E-state index contributed by atoms with van der Waals surface area (Å²) in [5, 5.41) is 13.3. The first-order chi connectivity index (χ1) is 9.60. The van der Waals surface area contributed by atoms with Crippen molar-refractivity contribution >= 4 is 22.2 Å². The van der Waals surface area contributed by atoms with Crippen molar-refractivity contribution in [2.45, 2.75) is 25.9 Å². The van der Waals surface area contributed by atoms with Crippen molar-refractivity contribution < 1.29 is 14.3 Å². The standard InChI is InChI=1S/C14H15FN2O2S/c1-2-11-14(20-8-16-11)17-13(19)7-12(18)9-4-3-5-10(15)6-9/h3-6,8,12,18H,2,7H2,1H3,(H,17,19). The molecule has 0 radical (unpaired) electrons. The minimum Gasteiger partial charge on any atom is -0.388 e. The number of carbonyl (C=O) groups excluding carboxylic acids is 1. The molecule has 1 unspecified atom stereocenters. The lowest BCUT2D eigenvalue weighted by Gasteiger charge is -2.11. The van der Waals surface area contributed by atoms with Crippen LogP contribution >= 0.6 is 11.3 Å². The lowest BCUT2D eigenvalue weighted by Crippen LogP contribution is -2.15. The highest BCUT2D eigenvalue weighted by Gasteiger charge is 2.15. The topological polar surface area (TPSA) is 62.2 Å². The molecule has 6 heteroatoms. The SMILES string of the molecule is CCc1ncsc1NC(=O)CC(O)c1cccc(F)c1. The summed E-state index contributed by atoms with van der Waals surface area (Å²) in [4.78, 5) is 16.0. The summed E-state index contributed by atoms with van der Waals surface area (Å²) in [6, 6.07) is 5.61. The molecular weight excluding hydrogens is 279 g/mol. The van der Waals surface area contributed by atoms with Crippen LogP contribution in [-0.2, 0) is 11.2 Å². The van der Waals surface area contributed by atoms with Crippen LogP contribution in [0.4, 0.5) is 9.39 Å². The largest absolute Gasteiger partial charge is 0.388 e. The van der Waals surface area contributed by atoms with E-state index in [9.17, 15) is 14.3 Å². The second-order valence-electron chi connectivity index (χ2n) is 4.30. The normalized spacial score (nSPS) is 12.2. The highest BCUT2D eigenvalue weighted by atomic mass is 32.1. The summed E-state index contributed by atoms with van der Waals surface area (Å²) in [6.45, 7) is 1.95. The summed E-state index contributed by atoms with van der Waals surface area (Å²) in [7, 11) is 0. The number of aromatic nitrogens is 1. The first-order valence-corrected chi connectivity index (χ1v) is 7.14. The van der Waals surface area contributed by atoms with Gasteiger partial charge in [-0.3, -0.25) is 4.79 Å². The molecule has 0 spiro atoms. The Balaban J connectivity index is 1.98. The zero-order chi connectivity index (χ0) is 14.5. The van der Waals surface area contributed by atoms with Gasteiger partial charge in [-0.15, -0.1) is 11.3 Å². The molecule has 106 valence electrons. The lowest BCUT2D eigenvalue weighted by atomic mass is 10.1. The lowest BCUT2D eigenvalue weighted by molar-refractivity contribution is -0.118. The van der Waals surface area contributed by atoms with Crippen LogP contribution in [0.15, 0.2) is 29.8 Å². The molecule has 1 aromatic heterocycles. The van der Waals surface area contributed by atoms with Gasteiger partial charge in [0.05, 0.1) is 23.7 Å². The fraction of sp³-hybridized carbons (Fsp3) is 0.286. The van der Waals surface area contributed by atoms with Crippen LogP contribution in [0.5, 0.6) is 0 Å². The fourth-order valence-electron chi connectivity index (χ4n) is 1.81. The van der Waals surface area contributed by atoms with Crippen LogP contribution in [0.1, 0.15) is 30.7 Å². The Labute approximate surface area is 120 Å². The van der Waals surface area contributed by atoms with E-state index >= 15 is 0 Å². The number of amides is 1. The number of benzene rings is 1. The second kappa shape index (κ2) is 6.58. The molecule has 1 amide bonds. The molecule has 0 aliphatic carbocycles. The van der Waals surface area contributed by atoms with E-state index in [0.29, 0.717) is 10.6 Å². The van der Waals surface area contributed by atoms with Gasteiger partial charge in [-0.2, -0.15) is 0 Å². The number of nitrogens with one attached hydrogen (secondary N) is 1. The van der Waals surface area contributed by atoms with Crippen molar-refractivity contribution in [3.63, 3.8) is 0 Å². The van der Waals surface area contributed by atoms with E-state index in [0.717, 1.165) is 12.1 Å². The van der Waals surface area contributed by atoms with Gasteiger partial charge >= 0.3 is 0 Å². The predicted octanol–water partition coefficient (Wildman–Crippen LogP) is 2.91. The monoisotopic (exact) mass is 294 g/mol. The highest BCUT2D eigenvalue weighted by Crippen LogP contribution is 2.23. The maximum absolute atomic E-state index is 13.1. The van der Waals surface area contributed by atoms with Gasteiger partial charge in [0.15, 0.2) is 0 Å². The molecular formula is C14H15FN2O2S. The molecule has 4 nitrogen and oxygen atoms in total. The van der Waals surface area contributed by atoms with Crippen LogP contribution in [0.2, 0.25) is 0 Å². The van der Waals surface area contributed by atoms with Gasteiger partial charge in [0.25, 0.3) is 0 Å². The second-order valence-corrected chi connectivity index (χ2v) is 5.16. The molecule has 2 rings (SSSR count). The van der Waals surface area contributed by atoms with Crippen LogP contribution in [0.25, 0.3) is 0 Å². The van der Waals surface area contributed by atoms with Crippen molar-refractivity contribution in [3.05, 3.63) is 46.9 Å². The Hall–Kier alpha value is -1.79. The third-order valence-electron chi connectivity index (χ3n) is 2.84. The Morgan fingerprint density at radius 3 is 3.05 bits per heavy atom. The number of hydrogen-bond acceptors (Lipinski definition) is 4. The van der Waals surface area contributed by atoms with E-state index in [1.54, 1.807) is 11.6 Å². The third-order valence-corrected chi connectivity index (χ3v) is 3.63. The first-order valence-electron chi connectivity index (χ1n) is 6.26. The minimum atomic E-state index is -1.02. The summed E-state index contributed by atoms with van der Waals surface area (Å²) in [5.74, 6) is -0.751. The van der Waals surface area contributed by atoms with Crippen LogP contribution in [0, 0.1) is 5.82 Å². The van der Waals surface area contributed by atoms with Crippen molar-refractivity contribution in [3.8, 4) is 0 Å². The number of aliphatic hydroxyl groups is 1. The van der Waals surface area contributed by atoms with Gasteiger partial charge in [-0.25, -0.2) is 9.37 Å². The van der Waals surface area contributed by atoms with E-state index in [-0.39, 0.29) is 12.3 Å². The molecule has 1 aromatic carbocycles. The van der Waals surface area contributed by atoms with E-state index in [2.05, 4.69) is 10.3 Å². The Bertz CT molecular complexity index is 600. The molecule has 0 fully saturated rings. The molecule has 0 bridgehead atoms. The number of anilines is 1. The van der Waals surface area contributed by atoms with Gasteiger partial charge < -0.3 is 10.4 Å².